The van der Waals surface area contributed by atoms with Gasteiger partial charge in [0, 0.05) is 37.9 Å². The molecule has 0 aliphatic carbocycles. The standard InChI is InChI=1S/C15H24N4O/c1-10-7-11(2)18-13(12(10)8-16)19-6-5-15(3,9-19)14(20)17-4/h7H,5-6,8-9,16H2,1-4H3,(H,17,20). The van der Waals surface area contributed by atoms with Crippen LogP contribution in [-0.2, 0) is 11.3 Å². The van der Waals surface area contributed by atoms with Crippen LogP contribution >= 0.6 is 0 Å². The zero-order valence-corrected chi connectivity index (χ0v) is 12.8. The highest BCUT2D eigenvalue weighted by Crippen LogP contribution is 2.34. The second-order valence-electron chi connectivity index (χ2n) is 5.90. The minimum absolute atomic E-state index is 0.0960. The molecule has 110 valence electrons. The lowest BCUT2D eigenvalue weighted by atomic mass is 9.89. The third-order valence-corrected chi connectivity index (χ3v) is 4.21. The van der Waals surface area contributed by atoms with Crippen LogP contribution in [-0.4, -0.2) is 31.0 Å². The van der Waals surface area contributed by atoms with Crippen LogP contribution in [0.1, 0.15) is 30.2 Å². The summed E-state index contributed by atoms with van der Waals surface area (Å²) in [5, 5.41) is 2.76. The maximum Gasteiger partial charge on any atom is 0.227 e. The monoisotopic (exact) mass is 276 g/mol. The fourth-order valence-corrected chi connectivity index (χ4v) is 2.99. The number of rotatable bonds is 3. The first-order chi connectivity index (χ1) is 9.41. The number of hydrogen-bond acceptors (Lipinski definition) is 4. The van der Waals surface area contributed by atoms with E-state index < -0.39 is 0 Å². The van der Waals surface area contributed by atoms with Crippen LogP contribution in [0.4, 0.5) is 5.82 Å². The quantitative estimate of drug-likeness (QED) is 0.868. The van der Waals surface area contributed by atoms with Gasteiger partial charge in [0.05, 0.1) is 5.41 Å². The zero-order chi connectivity index (χ0) is 14.9. The van der Waals surface area contributed by atoms with Crippen LogP contribution in [0.15, 0.2) is 6.07 Å². The Balaban J connectivity index is 2.33. The molecule has 0 spiro atoms. The second kappa shape index (κ2) is 5.40. The summed E-state index contributed by atoms with van der Waals surface area (Å²) < 4.78 is 0. The zero-order valence-electron chi connectivity index (χ0n) is 12.8. The summed E-state index contributed by atoms with van der Waals surface area (Å²) in [5.41, 5.74) is 8.77. The molecule has 1 aliphatic heterocycles. The Labute approximate surface area is 120 Å². The Morgan fingerprint density at radius 1 is 1.55 bits per heavy atom. The summed E-state index contributed by atoms with van der Waals surface area (Å²) in [6.45, 7) is 8.07. The van der Waals surface area contributed by atoms with Gasteiger partial charge < -0.3 is 16.0 Å². The van der Waals surface area contributed by atoms with Crippen LogP contribution in [0.3, 0.4) is 0 Å². The Kier molecular flexibility index (Phi) is 3.99. The van der Waals surface area contributed by atoms with Crippen molar-refractivity contribution in [3.05, 3.63) is 22.9 Å². The van der Waals surface area contributed by atoms with E-state index >= 15 is 0 Å². The molecule has 1 fully saturated rings. The first-order valence-corrected chi connectivity index (χ1v) is 7.05. The van der Waals surface area contributed by atoms with Gasteiger partial charge >= 0.3 is 0 Å². The average molecular weight is 276 g/mol. The van der Waals surface area contributed by atoms with Gasteiger partial charge in [-0.25, -0.2) is 4.98 Å². The van der Waals surface area contributed by atoms with Gasteiger partial charge in [0.1, 0.15) is 5.82 Å². The van der Waals surface area contributed by atoms with E-state index in [4.69, 9.17) is 5.73 Å². The van der Waals surface area contributed by atoms with Gasteiger partial charge in [0.25, 0.3) is 0 Å². The number of nitrogens with zero attached hydrogens (tertiary/aromatic N) is 2. The van der Waals surface area contributed by atoms with Crippen molar-refractivity contribution in [2.75, 3.05) is 25.0 Å². The first kappa shape index (κ1) is 14.8. The molecule has 0 aromatic carbocycles. The van der Waals surface area contributed by atoms with Crippen LogP contribution in [0.5, 0.6) is 0 Å². The maximum absolute atomic E-state index is 12.0. The fourth-order valence-electron chi connectivity index (χ4n) is 2.99. The summed E-state index contributed by atoms with van der Waals surface area (Å²) in [6.07, 6.45) is 0.839. The van der Waals surface area contributed by atoms with E-state index in [0.717, 1.165) is 30.0 Å². The molecular formula is C15H24N4O. The molecule has 5 nitrogen and oxygen atoms in total. The fraction of sp³-hybridized carbons (Fsp3) is 0.600. The van der Waals surface area contributed by atoms with Crippen LogP contribution in [0.25, 0.3) is 0 Å². The van der Waals surface area contributed by atoms with Gasteiger partial charge in [-0.05, 0) is 38.8 Å². The first-order valence-electron chi connectivity index (χ1n) is 7.05. The third-order valence-electron chi connectivity index (χ3n) is 4.21. The molecule has 1 aliphatic rings. The number of amides is 1. The van der Waals surface area contributed by atoms with Crippen molar-refractivity contribution in [1.82, 2.24) is 10.3 Å². The number of pyridine rings is 1. The smallest absolute Gasteiger partial charge is 0.227 e. The molecular weight excluding hydrogens is 252 g/mol. The SMILES string of the molecule is CNC(=O)C1(C)CCN(c2nc(C)cc(C)c2CN)C1. The van der Waals surface area contributed by atoms with Gasteiger partial charge in [-0.15, -0.1) is 0 Å². The van der Waals surface area contributed by atoms with E-state index in [-0.39, 0.29) is 11.3 Å². The molecule has 0 bridgehead atoms. The van der Waals surface area contributed by atoms with Crippen molar-refractivity contribution in [2.24, 2.45) is 11.1 Å². The molecule has 1 atom stereocenters. The van der Waals surface area contributed by atoms with Crippen LogP contribution in [0, 0.1) is 19.3 Å². The van der Waals surface area contributed by atoms with Gasteiger partial charge in [0.2, 0.25) is 5.91 Å². The van der Waals surface area contributed by atoms with Crippen molar-refractivity contribution in [1.29, 1.82) is 0 Å². The highest BCUT2D eigenvalue weighted by Gasteiger charge is 2.40. The Hall–Kier alpha value is -1.62. The molecule has 1 aromatic heterocycles. The molecule has 2 heterocycles. The molecule has 2 rings (SSSR count). The number of carbonyl (C=O) groups excluding carboxylic acids is 1. The Morgan fingerprint density at radius 2 is 2.25 bits per heavy atom. The number of nitrogens with one attached hydrogen (secondary N) is 1. The molecule has 1 amide bonds. The molecule has 20 heavy (non-hydrogen) atoms. The van der Waals surface area contributed by atoms with E-state index in [1.54, 1.807) is 7.05 Å². The number of anilines is 1. The Morgan fingerprint density at radius 3 is 2.85 bits per heavy atom. The largest absolute Gasteiger partial charge is 0.359 e. The van der Waals surface area contributed by atoms with E-state index in [0.29, 0.717) is 13.1 Å². The van der Waals surface area contributed by atoms with Gasteiger partial charge in [-0.2, -0.15) is 0 Å². The van der Waals surface area contributed by atoms with E-state index in [1.165, 1.54) is 5.56 Å². The number of aryl methyl sites for hydroxylation is 2. The number of nitrogens with two attached hydrogens (primary N) is 1. The minimum atomic E-state index is -0.347. The van der Waals surface area contributed by atoms with Crippen molar-refractivity contribution in [2.45, 2.75) is 33.7 Å². The molecule has 5 heteroatoms. The minimum Gasteiger partial charge on any atom is -0.359 e. The number of aromatic nitrogens is 1. The molecule has 1 unspecified atom stereocenters. The third kappa shape index (κ3) is 2.50. The van der Waals surface area contributed by atoms with E-state index in [2.05, 4.69) is 28.2 Å². The lowest BCUT2D eigenvalue weighted by molar-refractivity contribution is -0.128. The van der Waals surface area contributed by atoms with Crippen molar-refractivity contribution >= 4 is 11.7 Å². The Bertz CT molecular complexity index is 529. The summed E-state index contributed by atoms with van der Waals surface area (Å²) in [6, 6.07) is 2.06. The second-order valence-corrected chi connectivity index (χ2v) is 5.90. The van der Waals surface area contributed by atoms with Gasteiger partial charge in [-0.3, -0.25) is 4.79 Å². The predicted octanol–water partition coefficient (Wildman–Crippen LogP) is 1.12. The van der Waals surface area contributed by atoms with Gasteiger partial charge in [-0.1, -0.05) is 0 Å². The number of hydrogen-bond donors (Lipinski definition) is 2. The maximum atomic E-state index is 12.0. The molecule has 0 saturated carbocycles. The highest BCUT2D eigenvalue weighted by atomic mass is 16.2. The van der Waals surface area contributed by atoms with Gasteiger partial charge in [0.15, 0.2) is 0 Å². The summed E-state index contributed by atoms with van der Waals surface area (Å²) in [4.78, 5) is 18.9. The van der Waals surface area contributed by atoms with Crippen LogP contribution < -0.4 is 16.0 Å². The van der Waals surface area contributed by atoms with Crippen molar-refractivity contribution in [3.8, 4) is 0 Å². The summed E-state index contributed by atoms with van der Waals surface area (Å²) >= 11 is 0. The van der Waals surface area contributed by atoms with Crippen molar-refractivity contribution < 1.29 is 4.79 Å². The average Bonchev–Trinajstić information content (AvgIpc) is 2.81. The highest BCUT2D eigenvalue weighted by molar-refractivity contribution is 5.83. The molecule has 0 radical (unpaired) electrons. The topological polar surface area (TPSA) is 71.2 Å². The molecule has 1 saturated heterocycles. The van der Waals surface area contributed by atoms with E-state index in [9.17, 15) is 4.79 Å². The lowest BCUT2D eigenvalue weighted by Gasteiger charge is -2.25. The van der Waals surface area contributed by atoms with Crippen LogP contribution in [0.2, 0.25) is 0 Å². The van der Waals surface area contributed by atoms with Crippen molar-refractivity contribution in [3.63, 3.8) is 0 Å². The summed E-state index contributed by atoms with van der Waals surface area (Å²) in [5.74, 6) is 1.04. The predicted molar refractivity (Wildman–Crippen MR) is 80.6 cm³/mol. The normalized spacial score (nSPS) is 22.1. The lowest BCUT2D eigenvalue weighted by Crippen LogP contribution is -2.39. The van der Waals surface area contributed by atoms with E-state index in [1.807, 2.05) is 13.8 Å². The molecule has 3 N–H and O–H groups in total. The summed E-state index contributed by atoms with van der Waals surface area (Å²) in [7, 11) is 1.69. The number of carbonyl (C=O) groups is 1. The molecule has 1 aromatic rings.